The SMILES string of the molecule is CC(CNC(=O)c1ccncc1)Oc1ccc(CN2CCC(c3ccccc3)CC2)cc1. The fourth-order valence-electron chi connectivity index (χ4n) is 4.20. The van der Waals surface area contributed by atoms with E-state index in [1.54, 1.807) is 24.5 Å². The summed E-state index contributed by atoms with van der Waals surface area (Å²) in [5.41, 5.74) is 3.37. The largest absolute Gasteiger partial charge is 0.489 e. The standard InChI is InChI=1S/C27H31N3O2/c1-21(19-29-27(31)25-11-15-28-16-12-25)32-26-9-7-22(8-10-26)20-30-17-13-24(14-18-30)23-5-3-2-4-6-23/h2-12,15-16,21,24H,13-14,17-20H2,1H3,(H,29,31). The lowest BCUT2D eigenvalue weighted by atomic mass is 9.89. The molecule has 2 aromatic carbocycles. The number of rotatable bonds is 8. The molecular formula is C27H31N3O2. The lowest BCUT2D eigenvalue weighted by Gasteiger charge is -2.32. The van der Waals surface area contributed by atoms with Crippen LogP contribution in [-0.2, 0) is 6.54 Å². The second-order valence-electron chi connectivity index (χ2n) is 8.48. The van der Waals surface area contributed by atoms with Gasteiger partial charge in [-0.2, -0.15) is 0 Å². The maximum Gasteiger partial charge on any atom is 0.251 e. The van der Waals surface area contributed by atoms with Crippen molar-refractivity contribution in [3.8, 4) is 5.75 Å². The van der Waals surface area contributed by atoms with Gasteiger partial charge < -0.3 is 10.1 Å². The van der Waals surface area contributed by atoms with Crippen molar-refractivity contribution < 1.29 is 9.53 Å². The Morgan fingerprint density at radius 3 is 2.41 bits per heavy atom. The zero-order valence-electron chi connectivity index (χ0n) is 18.6. The van der Waals surface area contributed by atoms with Gasteiger partial charge in [0.05, 0.1) is 6.54 Å². The number of hydrogen-bond donors (Lipinski definition) is 1. The van der Waals surface area contributed by atoms with Gasteiger partial charge in [-0.3, -0.25) is 14.7 Å². The Morgan fingerprint density at radius 2 is 1.72 bits per heavy atom. The maximum atomic E-state index is 12.1. The predicted octanol–water partition coefficient (Wildman–Crippen LogP) is 4.66. The molecular weight excluding hydrogens is 398 g/mol. The van der Waals surface area contributed by atoms with E-state index >= 15 is 0 Å². The van der Waals surface area contributed by atoms with Crippen LogP contribution in [0.4, 0.5) is 0 Å². The minimum Gasteiger partial charge on any atom is -0.489 e. The van der Waals surface area contributed by atoms with Gasteiger partial charge in [-0.1, -0.05) is 42.5 Å². The molecule has 0 aliphatic carbocycles. The second kappa shape index (κ2) is 10.9. The van der Waals surface area contributed by atoms with Crippen LogP contribution in [0.15, 0.2) is 79.1 Å². The van der Waals surface area contributed by atoms with Crippen LogP contribution in [0.1, 0.15) is 47.2 Å². The molecule has 5 nitrogen and oxygen atoms in total. The second-order valence-corrected chi connectivity index (χ2v) is 8.48. The van der Waals surface area contributed by atoms with Gasteiger partial charge in [-0.25, -0.2) is 0 Å². The molecule has 1 aliphatic heterocycles. The quantitative estimate of drug-likeness (QED) is 0.566. The molecule has 4 rings (SSSR count). The average molecular weight is 430 g/mol. The number of carbonyl (C=O) groups is 1. The van der Waals surface area contributed by atoms with Crippen LogP contribution < -0.4 is 10.1 Å². The fraction of sp³-hybridized carbons (Fsp3) is 0.333. The molecule has 0 spiro atoms. The summed E-state index contributed by atoms with van der Waals surface area (Å²) in [6.07, 6.45) is 5.54. The van der Waals surface area contributed by atoms with Gasteiger partial charge in [-0.05, 0) is 74.2 Å². The lowest BCUT2D eigenvalue weighted by Crippen LogP contribution is -2.33. The number of benzene rings is 2. The number of nitrogens with zero attached hydrogens (tertiary/aromatic N) is 2. The molecule has 0 bridgehead atoms. The van der Waals surface area contributed by atoms with E-state index in [2.05, 4.69) is 57.7 Å². The highest BCUT2D eigenvalue weighted by Crippen LogP contribution is 2.28. The van der Waals surface area contributed by atoms with E-state index in [0.717, 1.165) is 25.4 Å². The van der Waals surface area contributed by atoms with Gasteiger partial charge in [0.25, 0.3) is 5.91 Å². The first-order valence-corrected chi connectivity index (χ1v) is 11.4. The van der Waals surface area contributed by atoms with Gasteiger partial charge in [-0.15, -0.1) is 0 Å². The molecule has 32 heavy (non-hydrogen) atoms. The molecule has 1 aliphatic rings. The number of aromatic nitrogens is 1. The van der Waals surface area contributed by atoms with Crippen LogP contribution >= 0.6 is 0 Å². The monoisotopic (exact) mass is 429 g/mol. The number of hydrogen-bond acceptors (Lipinski definition) is 4. The van der Waals surface area contributed by atoms with E-state index in [9.17, 15) is 4.79 Å². The fourth-order valence-corrected chi connectivity index (χ4v) is 4.20. The van der Waals surface area contributed by atoms with Crippen molar-refractivity contribution in [2.45, 2.75) is 38.3 Å². The predicted molar refractivity (Wildman–Crippen MR) is 127 cm³/mol. The van der Waals surface area contributed by atoms with Crippen LogP contribution in [0.25, 0.3) is 0 Å². The molecule has 1 unspecified atom stereocenters. The number of piperidine rings is 1. The number of ether oxygens (including phenoxy) is 1. The lowest BCUT2D eigenvalue weighted by molar-refractivity contribution is 0.0932. The minimum atomic E-state index is -0.122. The summed E-state index contributed by atoms with van der Waals surface area (Å²) in [4.78, 5) is 18.6. The Hall–Kier alpha value is -3.18. The van der Waals surface area contributed by atoms with Gasteiger partial charge >= 0.3 is 0 Å². The van der Waals surface area contributed by atoms with Crippen LogP contribution in [0, 0.1) is 0 Å². The molecule has 1 N–H and O–H groups in total. The third-order valence-corrected chi connectivity index (χ3v) is 6.02. The zero-order valence-corrected chi connectivity index (χ0v) is 18.6. The van der Waals surface area contributed by atoms with Crippen molar-refractivity contribution in [1.82, 2.24) is 15.2 Å². The van der Waals surface area contributed by atoms with Gasteiger partial charge in [0.1, 0.15) is 11.9 Å². The molecule has 3 aromatic rings. The van der Waals surface area contributed by atoms with Crippen molar-refractivity contribution in [1.29, 1.82) is 0 Å². The summed E-state index contributed by atoms with van der Waals surface area (Å²) >= 11 is 0. The summed E-state index contributed by atoms with van der Waals surface area (Å²) in [5.74, 6) is 1.39. The van der Waals surface area contributed by atoms with Crippen LogP contribution in [-0.4, -0.2) is 41.5 Å². The van der Waals surface area contributed by atoms with Gasteiger partial charge in [0, 0.05) is 24.5 Å². The highest BCUT2D eigenvalue weighted by Gasteiger charge is 2.20. The van der Waals surface area contributed by atoms with Gasteiger partial charge in [0.15, 0.2) is 0 Å². The summed E-state index contributed by atoms with van der Waals surface area (Å²) in [5, 5.41) is 2.90. The Balaban J connectivity index is 1.20. The van der Waals surface area contributed by atoms with E-state index in [4.69, 9.17) is 4.74 Å². The molecule has 1 amide bonds. The number of carbonyl (C=O) groups excluding carboxylic acids is 1. The number of amides is 1. The molecule has 2 heterocycles. The van der Waals surface area contributed by atoms with E-state index < -0.39 is 0 Å². The summed E-state index contributed by atoms with van der Waals surface area (Å²) < 4.78 is 5.97. The minimum absolute atomic E-state index is 0.116. The normalized spacial score (nSPS) is 15.8. The van der Waals surface area contributed by atoms with E-state index in [-0.39, 0.29) is 12.0 Å². The highest BCUT2D eigenvalue weighted by atomic mass is 16.5. The number of nitrogens with one attached hydrogen (secondary N) is 1. The maximum absolute atomic E-state index is 12.1. The smallest absolute Gasteiger partial charge is 0.251 e. The Morgan fingerprint density at radius 1 is 1.03 bits per heavy atom. The van der Waals surface area contributed by atoms with Crippen molar-refractivity contribution >= 4 is 5.91 Å². The Kier molecular flexibility index (Phi) is 7.51. The third-order valence-electron chi connectivity index (χ3n) is 6.02. The first-order valence-electron chi connectivity index (χ1n) is 11.4. The summed E-state index contributed by atoms with van der Waals surface area (Å²) in [6.45, 7) is 5.63. The molecule has 1 saturated heterocycles. The summed E-state index contributed by atoms with van der Waals surface area (Å²) in [7, 11) is 0. The Labute approximate surface area is 190 Å². The zero-order chi connectivity index (χ0) is 22.2. The summed E-state index contributed by atoms with van der Waals surface area (Å²) in [6, 6.07) is 22.6. The average Bonchev–Trinajstić information content (AvgIpc) is 2.85. The molecule has 1 aromatic heterocycles. The molecule has 5 heteroatoms. The van der Waals surface area contributed by atoms with Crippen molar-refractivity contribution in [2.75, 3.05) is 19.6 Å². The highest BCUT2D eigenvalue weighted by molar-refractivity contribution is 5.93. The molecule has 1 atom stereocenters. The first-order chi connectivity index (χ1) is 15.7. The van der Waals surface area contributed by atoms with Crippen molar-refractivity contribution in [3.05, 3.63) is 95.8 Å². The van der Waals surface area contributed by atoms with Crippen LogP contribution in [0.3, 0.4) is 0 Å². The van der Waals surface area contributed by atoms with Gasteiger partial charge in [0.2, 0.25) is 0 Å². The molecule has 166 valence electrons. The molecule has 0 saturated carbocycles. The van der Waals surface area contributed by atoms with Crippen LogP contribution in [0.2, 0.25) is 0 Å². The molecule has 1 fully saturated rings. The van der Waals surface area contributed by atoms with E-state index in [1.165, 1.54) is 24.0 Å². The van der Waals surface area contributed by atoms with Crippen molar-refractivity contribution in [3.63, 3.8) is 0 Å². The Bertz CT molecular complexity index is 969. The number of pyridine rings is 1. The third kappa shape index (κ3) is 6.17. The molecule has 0 radical (unpaired) electrons. The van der Waals surface area contributed by atoms with E-state index in [0.29, 0.717) is 18.0 Å². The van der Waals surface area contributed by atoms with Crippen LogP contribution in [0.5, 0.6) is 5.75 Å². The van der Waals surface area contributed by atoms with E-state index in [1.807, 2.05) is 19.1 Å². The van der Waals surface area contributed by atoms with Crippen molar-refractivity contribution in [2.24, 2.45) is 0 Å². The number of likely N-dealkylation sites (tertiary alicyclic amines) is 1. The topological polar surface area (TPSA) is 54.5 Å². The first kappa shape index (κ1) is 22.0.